The van der Waals surface area contributed by atoms with E-state index in [2.05, 4.69) is 31.3 Å². The maximum absolute atomic E-state index is 12.5. The maximum Gasteiger partial charge on any atom is 0.222 e. The SMILES string of the molecule is CCCCCCCCCCCCCC/C=C\CCCCCCCCC(O)CC(=O)NC(CO)C(O)CCCCCCCCCCCCCCCC. The number of rotatable bonds is 42. The summed E-state index contributed by atoms with van der Waals surface area (Å²) in [6.07, 6.45) is 49.0. The van der Waals surface area contributed by atoms with Gasteiger partial charge >= 0.3 is 0 Å². The Kier molecular flexibility index (Phi) is 41.1. The van der Waals surface area contributed by atoms with Crippen LogP contribution in [0.5, 0.6) is 0 Å². The Morgan fingerprint density at radius 3 is 1.14 bits per heavy atom. The van der Waals surface area contributed by atoms with Crippen molar-refractivity contribution in [2.75, 3.05) is 6.61 Å². The normalized spacial score (nSPS) is 13.6. The predicted molar refractivity (Wildman–Crippen MR) is 222 cm³/mol. The van der Waals surface area contributed by atoms with Crippen LogP contribution in [-0.4, -0.2) is 46.1 Å². The molecule has 0 fully saturated rings. The number of aliphatic hydroxyl groups excluding tert-OH is 3. The van der Waals surface area contributed by atoms with Crippen LogP contribution >= 0.6 is 0 Å². The summed E-state index contributed by atoms with van der Waals surface area (Å²) >= 11 is 0. The third-order valence-electron chi connectivity index (χ3n) is 10.8. The van der Waals surface area contributed by atoms with E-state index < -0.39 is 18.2 Å². The van der Waals surface area contributed by atoms with E-state index in [-0.39, 0.29) is 18.9 Å². The fraction of sp³-hybridized carbons (Fsp3) is 0.935. The molecule has 0 bridgehead atoms. The number of hydrogen-bond donors (Lipinski definition) is 4. The molecule has 5 heteroatoms. The van der Waals surface area contributed by atoms with Gasteiger partial charge in [-0.25, -0.2) is 0 Å². The summed E-state index contributed by atoms with van der Waals surface area (Å²) in [4.78, 5) is 12.5. The van der Waals surface area contributed by atoms with Gasteiger partial charge in [-0.15, -0.1) is 0 Å². The zero-order chi connectivity index (χ0) is 37.3. The molecule has 304 valence electrons. The smallest absolute Gasteiger partial charge is 0.222 e. The second-order valence-electron chi connectivity index (χ2n) is 16.0. The molecule has 0 saturated heterocycles. The maximum atomic E-state index is 12.5. The highest BCUT2D eigenvalue weighted by Crippen LogP contribution is 2.16. The molecule has 0 aromatic heterocycles. The monoisotopic (exact) mass is 722 g/mol. The van der Waals surface area contributed by atoms with Gasteiger partial charge in [0.2, 0.25) is 5.91 Å². The van der Waals surface area contributed by atoms with E-state index in [9.17, 15) is 20.1 Å². The van der Waals surface area contributed by atoms with Gasteiger partial charge in [-0.3, -0.25) is 4.79 Å². The minimum atomic E-state index is -0.747. The average molecular weight is 722 g/mol. The Bertz CT molecular complexity index is 713. The van der Waals surface area contributed by atoms with Crippen molar-refractivity contribution < 1.29 is 20.1 Å². The Labute approximate surface area is 319 Å². The number of aliphatic hydroxyl groups is 3. The van der Waals surface area contributed by atoms with Crippen molar-refractivity contribution in [3.05, 3.63) is 12.2 Å². The van der Waals surface area contributed by atoms with E-state index in [0.717, 1.165) is 25.7 Å². The first kappa shape index (κ1) is 50.1. The summed E-state index contributed by atoms with van der Waals surface area (Å²) in [5.74, 6) is -0.284. The van der Waals surface area contributed by atoms with Crippen molar-refractivity contribution in [2.24, 2.45) is 0 Å². The number of hydrogen-bond acceptors (Lipinski definition) is 4. The van der Waals surface area contributed by atoms with E-state index in [1.54, 1.807) is 0 Å². The number of amides is 1. The van der Waals surface area contributed by atoms with Gasteiger partial charge in [0.1, 0.15) is 0 Å². The minimum Gasteiger partial charge on any atom is -0.394 e. The molecule has 0 spiro atoms. The second-order valence-corrected chi connectivity index (χ2v) is 16.0. The molecule has 0 saturated carbocycles. The summed E-state index contributed by atoms with van der Waals surface area (Å²) in [6, 6.07) is -0.657. The van der Waals surface area contributed by atoms with Crippen LogP contribution in [-0.2, 0) is 4.79 Å². The quantitative estimate of drug-likeness (QED) is 0.0373. The Morgan fingerprint density at radius 2 is 0.784 bits per heavy atom. The highest BCUT2D eigenvalue weighted by atomic mass is 16.3. The van der Waals surface area contributed by atoms with E-state index in [0.29, 0.717) is 12.8 Å². The van der Waals surface area contributed by atoms with Gasteiger partial charge in [0.25, 0.3) is 0 Å². The van der Waals surface area contributed by atoms with Crippen LogP contribution in [0.1, 0.15) is 251 Å². The van der Waals surface area contributed by atoms with Crippen LogP contribution < -0.4 is 5.32 Å². The lowest BCUT2D eigenvalue weighted by molar-refractivity contribution is -0.125. The standard InChI is InChI=1S/C46H91NO4/c1-3-5-7-9-11-13-15-17-19-20-21-22-23-24-25-26-27-29-31-33-35-37-39-43(49)41-46(51)47-44(42-48)45(50)40-38-36-34-32-30-28-18-16-14-12-10-8-6-4-2/h24-25,43-45,48-50H,3-23,26-42H2,1-2H3,(H,47,51)/b25-24-. The van der Waals surface area contributed by atoms with E-state index in [4.69, 9.17) is 0 Å². The summed E-state index contributed by atoms with van der Waals surface area (Å²) in [5.41, 5.74) is 0. The van der Waals surface area contributed by atoms with Gasteiger partial charge in [-0.05, 0) is 38.5 Å². The number of unbranched alkanes of at least 4 members (excludes halogenated alkanes) is 31. The first-order valence-corrected chi connectivity index (χ1v) is 23.0. The van der Waals surface area contributed by atoms with Crippen LogP contribution in [0.2, 0.25) is 0 Å². The van der Waals surface area contributed by atoms with Crippen molar-refractivity contribution in [3.8, 4) is 0 Å². The molecular formula is C46H91NO4. The van der Waals surface area contributed by atoms with E-state index in [1.807, 2.05) is 0 Å². The summed E-state index contributed by atoms with van der Waals surface area (Å²) in [7, 11) is 0. The van der Waals surface area contributed by atoms with Crippen molar-refractivity contribution >= 4 is 5.91 Å². The Morgan fingerprint density at radius 1 is 0.471 bits per heavy atom. The van der Waals surface area contributed by atoms with Crippen LogP contribution in [0.4, 0.5) is 0 Å². The van der Waals surface area contributed by atoms with Crippen molar-refractivity contribution in [2.45, 2.75) is 270 Å². The molecule has 0 aromatic rings. The molecule has 0 aliphatic rings. The van der Waals surface area contributed by atoms with Crippen molar-refractivity contribution in [3.63, 3.8) is 0 Å². The summed E-state index contributed by atoms with van der Waals surface area (Å²) in [6.45, 7) is 4.27. The molecule has 5 nitrogen and oxygen atoms in total. The summed E-state index contributed by atoms with van der Waals surface area (Å²) in [5, 5.41) is 33.4. The van der Waals surface area contributed by atoms with Gasteiger partial charge < -0.3 is 20.6 Å². The molecule has 0 aliphatic heterocycles. The highest BCUT2D eigenvalue weighted by Gasteiger charge is 2.21. The van der Waals surface area contributed by atoms with Crippen LogP contribution in [0.3, 0.4) is 0 Å². The zero-order valence-corrected chi connectivity index (χ0v) is 34.5. The van der Waals surface area contributed by atoms with E-state index >= 15 is 0 Å². The molecule has 4 N–H and O–H groups in total. The number of nitrogens with one attached hydrogen (secondary N) is 1. The third-order valence-corrected chi connectivity index (χ3v) is 10.8. The first-order valence-electron chi connectivity index (χ1n) is 23.0. The third kappa shape index (κ3) is 38.6. The Hall–Kier alpha value is -0.910. The van der Waals surface area contributed by atoms with Gasteiger partial charge in [0.15, 0.2) is 0 Å². The molecule has 3 atom stereocenters. The molecule has 0 aromatic carbocycles. The lowest BCUT2D eigenvalue weighted by atomic mass is 10.0. The van der Waals surface area contributed by atoms with Crippen LogP contribution in [0, 0.1) is 0 Å². The number of carbonyl (C=O) groups excluding carboxylic acids is 1. The van der Waals surface area contributed by atoms with Gasteiger partial charge in [0, 0.05) is 0 Å². The number of allylic oxidation sites excluding steroid dienone is 2. The summed E-state index contributed by atoms with van der Waals surface area (Å²) < 4.78 is 0. The molecule has 0 heterocycles. The van der Waals surface area contributed by atoms with Crippen LogP contribution in [0.25, 0.3) is 0 Å². The second kappa shape index (κ2) is 41.8. The van der Waals surface area contributed by atoms with Gasteiger partial charge in [0.05, 0.1) is 31.3 Å². The fourth-order valence-electron chi connectivity index (χ4n) is 7.28. The average Bonchev–Trinajstić information content (AvgIpc) is 3.12. The largest absolute Gasteiger partial charge is 0.394 e. The number of carbonyl (C=O) groups is 1. The predicted octanol–water partition coefficient (Wildman–Crippen LogP) is 13.2. The zero-order valence-electron chi connectivity index (χ0n) is 34.5. The van der Waals surface area contributed by atoms with Gasteiger partial charge in [-0.1, -0.05) is 219 Å². The molecule has 0 radical (unpaired) electrons. The first-order chi connectivity index (χ1) is 25.0. The van der Waals surface area contributed by atoms with Crippen molar-refractivity contribution in [1.29, 1.82) is 0 Å². The van der Waals surface area contributed by atoms with E-state index in [1.165, 1.54) is 193 Å². The highest BCUT2D eigenvalue weighted by molar-refractivity contribution is 5.76. The molecule has 51 heavy (non-hydrogen) atoms. The molecular weight excluding hydrogens is 631 g/mol. The fourth-order valence-corrected chi connectivity index (χ4v) is 7.28. The molecule has 1 amide bonds. The van der Waals surface area contributed by atoms with Crippen molar-refractivity contribution in [1.82, 2.24) is 5.32 Å². The minimum absolute atomic E-state index is 0.0354. The lowest BCUT2D eigenvalue weighted by Gasteiger charge is -2.23. The molecule has 0 rings (SSSR count). The lowest BCUT2D eigenvalue weighted by Crippen LogP contribution is -2.46. The molecule has 3 unspecified atom stereocenters. The van der Waals surface area contributed by atoms with Crippen LogP contribution in [0.15, 0.2) is 12.2 Å². The van der Waals surface area contributed by atoms with Gasteiger partial charge in [-0.2, -0.15) is 0 Å². The Balaban J connectivity index is 3.58. The molecule has 0 aliphatic carbocycles. The topological polar surface area (TPSA) is 89.8 Å².